The Morgan fingerprint density at radius 2 is 0.778 bits per heavy atom. The zero-order valence-electron chi connectivity index (χ0n) is 23.5. The fourth-order valence-electron chi connectivity index (χ4n) is 5.33. The summed E-state index contributed by atoms with van der Waals surface area (Å²) in [6.45, 7) is -2.90. The predicted molar refractivity (Wildman–Crippen MR) is 134 cm³/mol. The van der Waals surface area contributed by atoms with Gasteiger partial charge in [0.1, 0.15) is 97.7 Å². The zero-order chi connectivity index (χ0) is 33.3. The fraction of sp³-hybridized carbons (Fsp3) is 1.00. The molecule has 4 rings (SSSR count). The standard InChI is InChI=1S/C24H42O21/c25-1-5-9(27)12(30)17(35)22(42-5)39-3-7-10(28)13(31)18(36)23(43-7)40-4-8-11(29)14(32)19(37)24(44-8)45-20-6(2-26)41-21(38)16(34)15(20)33/h5-38H,1-4H2/t5-,6-,7-,8-,9-,10-,11-,12+,13+,14+,15-,16-,17-,18-,19-,20-,21?,22+,23+,24-/m1/s1. The first-order valence-corrected chi connectivity index (χ1v) is 14.1. The van der Waals surface area contributed by atoms with Crippen molar-refractivity contribution >= 4 is 0 Å². The lowest BCUT2D eigenvalue weighted by Crippen LogP contribution is -2.65. The molecule has 0 aliphatic carbocycles. The van der Waals surface area contributed by atoms with E-state index >= 15 is 0 Å². The van der Waals surface area contributed by atoms with Gasteiger partial charge in [-0.1, -0.05) is 0 Å². The molecular weight excluding hydrogens is 624 g/mol. The smallest absolute Gasteiger partial charge is 0.187 e. The molecule has 20 atom stereocenters. The van der Waals surface area contributed by atoms with Gasteiger partial charge in [-0.05, 0) is 0 Å². The van der Waals surface area contributed by atoms with E-state index in [-0.39, 0.29) is 0 Å². The minimum atomic E-state index is -1.94. The molecule has 4 fully saturated rings. The first-order valence-electron chi connectivity index (χ1n) is 14.1. The van der Waals surface area contributed by atoms with Gasteiger partial charge in [-0.3, -0.25) is 0 Å². The molecule has 0 aromatic heterocycles. The van der Waals surface area contributed by atoms with Gasteiger partial charge in [-0.25, -0.2) is 0 Å². The summed E-state index contributed by atoms with van der Waals surface area (Å²) in [6, 6.07) is 0. The zero-order valence-corrected chi connectivity index (χ0v) is 23.5. The van der Waals surface area contributed by atoms with E-state index in [9.17, 15) is 71.5 Å². The van der Waals surface area contributed by atoms with Gasteiger partial charge >= 0.3 is 0 Å². The fourth-order valence-corrected chi connectivity index (χ4v) is 5.33. The summed E-state index contributed by atoms with van der Waals surface area (Å²) < 4.78 is 37.4. The second kappa shape index (κ2) is 15.6. The summed E-state index contributed by atoms with van der Waals surface area (Å²) in [5, 5.41) is 141. The molecule has 0 spiro atoms. The third kappa shape index (κ3) is 7.75. The quantitative estimate of drug-likeness (QED) is 0.103. The maximum absolute atomic E-state index is 10.5. The van der Waals surface area contributed by atoms with Crippen LogP contribution in [0, 0.1) is 0 Å². The van der Waals surface area contributed by atoms with E-state index in [0.29, 0.717) is 0 Å². The molecule has 4 aliphatic heterocycles. The highest BCUT2D eigenvalue weighted by atomic mass is 16.8. The summed E-state index contributed by atoms with van der Waals surface area (Å²) in [5.74, 6) is 0. The molecule has 0 radical (unpaired) electrons. The van der Waals surface area contributed by atoms with E-state index in [0.717, 1.165) is 0 Å². The number of aliphatic hydroxyl groups is 14. The van der Waals surface area contributed by atoms with Gasteiger partial charge in [0.15, 0.2) is 25.2 Å². The molecular formula is C24H42O21. The van der Waals surface area contributed by atoms with Crippen molar-refractivity contribution in [1.29, 1.82) is 0 Å². The number of rotatable bonds is 10. The van der Waals surface area contributed by atoms with Crippen molar-refractivity contribution in [1.82, 2.24) is 0 Å². The van der Waals surface area contributed by atoms with Crippen LogP contribution in [0.15, 0.2) is 0 Å². The first kappa shape index (κ1) is 37.0. The van der Waals surface area contributed by atoms with Crippen molar-refractivity contribution in [2.45, 2.75) is 123 Å². The van der Waals surface area contributed by atoms with Crippen molar-refractivity contribution < 1.29 is 105 Å². The van der Waals surface area contributed by atoms with Crippen LogP contribution in [-0.2, 0) is 33.2 Å². The highest BCUT2D eigenvalue weighted by Gasteiger charge is 2.52. The van der Waals surface area contributed by atoms with E-state index in [1.807, 2.05) is 0 Å². The summed E-state index contributed by atoms with van der Waals surface area (Å²) >= 11 is 0. The van der Waals surface area contributed by atoms with Crippen molar-refractivity contribution in [3.63, 3.8) is 0 Å². The lowest BCUT2D eigenvalue weighted by molar-refractivity contribution is -0.363. The maximum Gasteiger partial charge on any atom is 0.187 e. The molecule has 0 aromatic rings. The highest BCUT2D eigenvalue weighted by Crippen LogP contribution is 2.30. The Bertz CT molecular complexity index is 914. The molecule has 0 amide bonds. The summed E-state index contributed by atoms with van der Waals surface area (Å²) in [4.78, 5) is 0. The molecule has 1 unspecified atom stereocenters. The van der Waals surface area contributed by atoms with Crippen molar-refractivity contribution in [2.24, 2.45) is 0 Å². The topological polar surface area (TPSA) is 348 Å². The van der Waals surface area contributed by atoms with Gasteiger partial charge < -0.3 is 105 Å². The Morgan fingerprint density at radius 3 is 1.24 bits per heavy atom. The molecule has 4 heterocycles. The third-order valence-electron chi connectivity index (χ3n) is 8.17. The minimum absolute atomic E-state index is 0.644. The van der Waals surface area contributed by atoms with Crippen molar-refractivity contribution in [2.75, 3.05) is 26.4 Å². The molecule has 4 saturated heterocycles. The first-order chi connectivity index (χ1) is 21.2. The number of hydrogen-bond donors (Lipinski definition) is 14. The Kier molecular flexibility index (Phi) is 12.8. The monoisotopic (exact) mass is 666 g/mol. The van der Waals surface area contributed by atoms with Crippen LogP contribution in [0.4, 0.5) is 0 Å². The SMILES string of the molecule is OC[C@H]1O[C@H](OC[C@H]2O[C@H](OC[C@H]3O[C@H](O[C@H]4[C@H](O)[C@@H](O)C(O)O[C@@H]4CO)[C@H](O)[C@@H](O)[C@@H]3O)[C@H](O)[C@@H](O)[C@@H]2O)[C@H](O)[C@@H](O)[C@@H]1O. The van der Waals surface area contributed by atoms with Crippen molar-refractivity contribution in [3.8, 4) is 0 Å². The van der Waals surface area contributed by atoms with E-state index in [1.165, 1.54) is 0 Å². The van der Waals surface area contributed by atoms with Crippen LogP contribution in [0.2, 0.25) is 0 Å². The van der Waals surface area contributed by atoms with Gasteiger partial charge in [0.25, 0.3) is 0 Å². The van der Waals surface area contributed by atoms with E-state index < -0.39 is 149 Å². The van der Waals surface area contributed by atoms with Crippen LogP contribution in [0.1, 0.15) is 0 Å². The normalized spacial score (nSPS) is 52.9. The molecule has 0 bridgehead atoms. The van der Waals surface area contributed by atoms with Gasteiger partial charge in [-0.2, -0.15) is 0 Å². The number of ether oxygens (including phenoxy) is 7. The summed E-state index contributed by atoms with van der Waals surface area (Å²) in [5.41, 5.74) is 0. The van der Waals surface area contributed by atoms with Crippen LogP contribution in [0.3, 0.4) is 0 Å². The van der Waals surface area contributed by atoms with E-state index in [4.69, 9.17) is 33.2 Å². The number of aliphatic hydroxyl groups excluding tert-OH is 14. The Morgan fingerprint density at radius 1 is 0.378 bits per heavy atom. The van der Waals surface area contributed by atoms with Crippen LogP contribution in [0.25, 0.3) is 0 Å². The maximum atomic E-state index is 10.5. The third-order valence-corrected chi connectivity index (χ3v) is 8.17. The van der Waals surface area contributed by atoms with Crippen LogP contribution < -0.4 is 0 Å². The van der Waals surface area contributed by atoms with Gasteiger partial charge in [-0.15, -0.1) is 0 Å². The molecule has 14 N–H and O–H groups in total. The van der Waals surface area contributed by atoms with Crippen LogP contribution in [0.5, 0.6) is 0 Å². The molecule has 264 valence electrons. The Labute approximate surface area is 254 Å². The Balaban J connectivity index is 1.37. The molecule has 21 heteroatoms. The average molecular weight is 667 g/mol. The lowest BCUT2D eigenvalue weighted by atomic mass is 9.97. The predicted octanol–water partition coefficient (Wildman–Crippen LogP) is -9.75. The van der Waals surface area contributed by atoms with E-state index in [2.05, 4.69) is 0 Å². The molecule has 45 heavy (non-hydrogen) atoms. The van der Waals surface area contributed by atoms with Gasteiger partial charge in [0.2, 0.25) is 0 Å². The summed E-state index contributed by atoms with van der Waals surface area (Å²) in [6.07, 6.45) is -34.6. The molecule has 0 saturated carbocycles. The number of hydrogen-bond acceptors (Lipinski definition) is 21. The average Bonchev–Trinajstić information content (AvgIpc) is 3.03. The van der Waals surface area contributed by atoms with E-state index in [1.54, 1.807) is 0 Å². The lowest BCUT2D eigenvalue weighted by Gasteiger charge is -2.46. The van der Waals surface area contributed by atoms with Crippen molar-refractivity contribution in [3.05, 3.63) is 0 Å². The second-order valence-electron chi connectivity index (χ2n) is 11.2. The highest BCUT2D eigenvalue weighted by molar-refractivity contribution is 4.95. The Hall–Kier alpha value is -0.840. The second-order valence-corrected chi connectivity index (χ2v) is 11.2. The van der Waals surface area contributed by atoms with Crippen LogP contribution in [-0.4, -0.2) is 221 Å². The molecule has 21 nitrogen and oxygen atoms in total. The minimum Gasteiger partial charge on any atom is -0.394 e. The van der Waals surface area contributed by atoms with Gasteiger partial charge in [0, 0.05) is 0 Å². The van der Waals surface area contributed by atoms with Gasteiger partial charge in [0.05, 0.1) is 26.4 Å². The molecule has 0 aromatic carbocycles. The molecule has 4 aliphatic rings. The summed E-state index contributed by atoms with van der Waals surface area (Å²) in [7, 11) is 0. The van der Waals surface area contributed by atoms with Crippen LogP contribution >= 0.6 is 0 Å². The largest absolute Gasteiger partial charge is 0.394 e.